The zero-order valence-electron chi connectivity index (χ0n) is 15.0. The number of nitro groups is 1. The molecule has 0 aliphatic rings. The Hall–Kier alpha value is -3.33. The SMILES string of the molecule is N#CC(=Cc1ccc(OCc2ccc(Cl)c(Cl)c2)cc1)c1ccc([N+](=O)[O-])cc1. The Morgan fingerprint density at radius 2 is 1.72 bits per heavy atom. The molecule has 0 amide bonds. The fraction of sp³-hybridized carbons (Fsp3) is 0.0455. The predicted molar refractivity (Wildman–Crippen MR) is 114 cm³/mol. The van der Waals surface area contributed by atoms with Crippen LogP contribution in [0.3, 0.4) is 0 Å². The average molecular weight is 425 g/mol. The minimum Gasteiger partial charge on any atom is -0.489 e. The van der Waals surface area contributed by atoms with Crippen molar-refractivity contribution in [3.63, 3.8) is 0 Å². The second kappa shape index (κ2) is 9.24. The highest BCUT2D eigenvalue weighted by Crippen LogP contribution is 2.24. The van der Waals surface area contributed by atoms with E-state index in [4.69, 9.17) is 27.9 Å². The maximum atomic E-state index is 10.8. The highest BCUT2D eigenvalue weighted by Gasteiger charge is 2.07. The van der Waals surface area contributed by atoms with Crippen molar-refractivity contribution < 1.29 is 9.66 Å². The maximum absolute atomic E-state index is 10.8. The normalized spacial score (nSPS) is 11.0. The van der Waals surface area contributed by atoms with Crippen LogP contribution in [0.15, 0.2) is 66.7 Å². The van der Waals surface area contributed by atoms with Crippen LogP contribution in [0.1, 0.15) is 16.7 Å². The van der Waals surface area contributed by atoms with E-state index in [1.54, 1.807) is 42.5 Å². The number of ether oxygens (including phenoxy) is 1. The predicted octanol–water partition coefficient (Wildman–Crippen LogP) is 6.54. The number of non-ortho nitro benzene ring substituents is 1. The van der Waals surface area contributed by atoms with Crippen molar-refractivity contribution in [2.24, 2.45) is 0 Å². The molecular weight excluding hydrogens is 411 g/mol. The number of halogens is 2. The van der Waals surface area contributed by atoms with Crippen LogP contribution in [0.2, 0.25) is 10.0 Å². The molecule has 144 valence electrons. The topological polar surface area (TPSA) is 76.2 Å². The van der Waals surface area contributed by atoms with Crippen LogP contribution in [-0.2, 0) is 6.61 Å². The van der Waals surface area contributed by atoms with Gasteiger partial charge < -0.3 is 4.74 Å². The van der Waals surface area contributed by atoms with Gasteiger partial charge in [0.15, 0.2) is 0 Å². The van der Waals surface area contributed by atoms with Crippen molar-refractivity contribution in [1.82, 2.24) is 0 Å². The molecule has 0 aromatic heterocycles. The first-order valence-electron chi connectivity index (χ1n) is 8.49. The van der Waals surface area contributed by atoms with Crippen LogP contribution in [0.4, 0.5) is 5.69 Å². The molecule has 3 rings (SSSR count). The summed E-state index contributed by atoms with van der Waals surface area (Å²) in [5, 5.41) is 21.1. The molecule has 0 unspecified atom stereocenters. The average Bonchev–Trinajstić information content (AvgIpc) is 2.74. The summed E-state index contributed by atoms with van der Waals surface area (Å²) in [6.07, 6.45) is 1.71. The molecule has 0 radical (unpaired) electrons. The first-order valence-corrected chi connectivity index (χ1v) is 9.25. The lowest BCUT2D eigenvalue weighted by molar-refractivity contribution is -0.384. The summed E-state index contributed by atoms with van der Waals surface area (Å²) in [6, 6.07) is 20.6. The molecule has 0 atom stereocenters. The Balaban J connectivity index is 1.70. The minimum absolute atomic E-state index is 0.0190. The molecule has 0 saturated carbocycles. The number of nitro benzene ring substituents is 1. The molecule has 0 aliphatic heterocycles. The molecule has 7 heteroatoms. The number of hydrogen-bond donors (Lipinski definition) is 0. The quantitative estimate of drug-likeness (QED) is 0.194. The van der Waals surface area contributed by atoms with Gasteiger partial charge in [-0.1, -0.05) is 41.4 Å². The lowest BCUT2D eigenvalue weighted by Crippen LogP contribution is -1.95. The van der Waals surface area contributed by atoms with Crippen molar-refractivity contribution in [3.8, 4) is 11.8 Å². The van der Waals surface area contributed by atoms with E-state index in [-0.39, 0.29) is 5.69 Å². The van der Waals surface area contributed by atoms with E-state index in [1.807, 2.05) is 18.2 Å². The van der Waals surface area contributed by atoms with Gasteiger partial charge in [0.1, 0.15) is 12.4 Å². The molecular formula is C22H14Cl2N2O3. The van der Waals surface area contributed by atoms with Gasteiger partial charge in [-0.25, -0.2) is 0 Å². The largest absolute Gasteiger partial charge is 0.489 e. The number of nitrogens with zero attached hydrogens (tertiary/aromatic N) is 2. The van der Waals surface area contributed by atoms with Crippen molar-refractivity contribution in [3.05, 3.63) is 104 Å². The summed E-state index contributed by atoms with van der Waals surface area (Å²) < 4.78 is 5.74. The third kappa shape index (κ3) is 5.35. The molecule has 0 fully saturated rings. The summed E-state index contributed by atoms with van der Waals surface area (Å²) in [7, 11) is 0. The van der Waals surface area contributed by atoms with E-state index in [0.717, 1.165) is 11.1 Å². The maximum Gasteiger partial charge on any atom is 0.269 e. The fourth-order valence-corrected chi connectivity index (χ4v) is 2.89. The summed E-state index contributed by atoms with van der Waals surface area (Å²) in [5.74, 6) is 0.669. The van der Waals surface area contributed by atoms with E-state index in [1.165, 1.54) is 12.1 Å². The molecule has 0 aliphatic carbocycles. The first-order chi connectivity index (χ1) is 14.0. The second-order valence-corrected chi connectivity index (χ2v) is 6.89. The van der Waals surface area contributed by atoms with Gasteiger partial charge in [0.05, 0.1) is 26.6 Å². The van der Waals surface area contributed by atoms with Gasteiger partial charge >= 0.3 is 0 Å². The molecule has 29 heavy (non-hydrogen) atoms. The molecule has 0 spiro atoms. The number of allylic oxidation sites excluding steroid dienone is 1. The third-order valence-electron chi connectivity index (χ3n) is 4.09. The van der Waals surface area contributed by atoms with Gasteiger partial charge in [-0.15, -0.1) is 0 Å². The Bertz CT molecular complexity index is 1100. The highest BCUT2D eigenvalue weighted by molar-refractivity contribution is 6.42. The van der Waals surface area contributed by atoms with Crippen LogP contribution >= 0.6 is 23.2 Å². The summed E-state index contributed by atoms with van der Waals surface area (Å²) >= 11 is 11.9. The minimum atomic E-state index is -0.476. The highest BCUT2D eigenvalue weighted by atomic mass is 35.5. The van der Waals surface area contributed by atoms with E-state index < -0.39 is 4.92 Å². The summed E-state index contributed by atoms with van der Waals surface area (Å²) in [6.45, 7) is 0.346. The number of hydrogen-bond acceptors (Lipinski definition) is 4. The monoisotopic (exact) mass is 424 g/mol. The Morgan fingerprint density at radius 3 is 2.31 bits per heavy atom. The van der Waals surface area contributed by atoms with Gasteiger partial charge in [0.25, 0.3) is 5.69 Å². The second-order valence-electron chi connectivity index (χ2n) is 6.08. The van der Waals surface area contributed by atoms with Gasteiger partial charge in [-0.05, 0) is 59.2 Å². The van der Waals surface area contributed by atoms with Crippen LogP contribution < -0.4 is 4.74 Å². The van der Waals surface area contributed by atoms with Crippen LogP contribution in [-0.4, -0.2) is 4.92 Å². The Kier molecular flexibility index (Phi) is 6.50. The zero-order valence-corrected chi connectivity index (χ0v) is 16.5. The van der Waals surface area contributed by atoms with E-state index >= 15 is 0 Å². The number of benzene rings is 3. The summed E-state index contributed by atoms with van der Waals surface area (Å²) in [4.78, 5) is 10.3. The smallest absolute Gasteiger partial charge is 0.269 e. The standard InChI is InChI=1S/C22H14Cl2N2O3/c23-21-10-3-16(12-22(21)24)14-29-20-8-1-15(2-9-20)11-18(13-25)17-4-6-19(7-5-17)26(27)28/h1-12H,14H2. The van der Waals surface area contributed by atoms with E-state index in [0.29, 0.717) is 33.5 Å². The van der Waals surface area contributed by atoms with Crippen molar-refractivity contribution >= 4 is 40.5 Å². The van der Waals surface area contributed by atoms with Gasteiger partial charge in [0, 0.05) is 12.1 Å². The molecule has 3 aromatic rings. The van der Waals surface area contributed by atoms with Crippen molar-refractivity contribution in [2.45, 2.75) is 6.61 Å². The lowest BCUT2D eigenvalue weighted by atomic mass is 10.0. The lowest BCUT2D eigenvalue weighted by Gasteiger charge is -2.08. The van der Waals surface area contributed by atoms with Crippen LogP contribution in [0.25, 0.3) is 11.6 Å². The van der Waals surface area contributed by atoms with Gasteiger partial charge in [-0.3, -0.25) is 10.1 Å². The zero-order chi connectivity index (χ0) is 20.8. The van der Waals surface area contributed by atoms with Gasteiger partial charge in [-0.2, -0.15) is 5.26 Å². The van der Waals surface area contributed by atoms with E-state index in [9.17, 15) is 15.4 Å². The summed E-state index contributed by atoms with van der Waals surface area (Å²) in [5.41, 5.74) is 2.70. The number of rotatable bonds is 6. The third-order valence-corrected chi connectivity index (χ3v) is 4.83. The molecule has 0 N–H and O–H groups in total. The molecule has 0 heterocycles. The molecule has 0 bridgehead atoms. The van der Waals surface area contributed by atoms with Gasteiger partial charge in [0.2, 0.25) is 0 Å². The van der Waals surface area contributed by atoms with E-state index in [2.05, 4.69) is 6.07 Å². The Labute approximate surface area is 177 Å². The first kappa shape index (κ1) is 20.4. The molecule has 5 nitrogen and oxygen atoms in total. The van der Waals surface area contributed by atoms with Crippen molar-refractivity contribution in [1.29, 1.82) is 5.26 Å². The van der Waals surface area contributed by atoms with Crippen LogP contribution in [0, 0.1) is 21.4 Å². The molecule has 3 aromatic carbocycles. The van der Waals surface area contributed by atoms with Crippen LogP contribution in [0.5, 0.6) is 5.75 Å². The number of nitriles is 1. The Morgan fingerprint density at radius 1 is 1.03 bits per heavy atom. The fourth-order valence-electron chi connectivity index (χ4n) is 2.57. The molecule has 0 saturated heterocycles. The van der Waals surface area contributed by atoms with Crippen molar-refractivity contribution in [2.75, 3.05) is 0 Å².